The maximum absolute atomic E-state index is 11.6. The first-order valence-electron chi connectivity index (χ1n) is 5.04. The molecule has 2 atom stereocenters. The fourth-order valence-corrected chi connectivity index (χ4v) is 2.17. The Balaban J connectivity index is 2.36. The lowest BCUT2D eigenvalue weighted by Crippen LogP contribution is -2.30. The molecule has 1 aromatic rings. The average Bonchev–Trinajstić information content (AvgIpc) is 2.73. The number of rotatable bonds is 2. The van der Waals surface area contributed by atoms with Crippen LogP contribution in [0.3, 0.4) is 0 Å². The van der Waals surface area contributed by atoms with E-state index in [-0.39, 0.29) is 18.4 Å². The molecule has 1 aromatic heterocycles. The Bertz CT molecular complexity index is 440. The molecule has 1 aliphatic rings. The third-order valence-electron chi connectivity index (χ3n) is 3.02. The lowest BCUT2D eigenvalue weighted by Gasteiger charge is -2.21. The van der Waals surface area contributed by atoms with Crippen molar-refractivity contribution in [1.29, 1.82) is 0 Å². The topological polar surface area (TPSA) is 81.2 Å². The summed E-state index contributed by atoms with van der Waals surface area (Å²) in [6.45, 7) is 0. The monoisotopic (exact) mass is 222 g/mol. The lowest BCUT2D eigenvalue weighted by atomic mass is 9.95. The minimum Gasteiger partial charge on any atom is -0.369 e. The number of aromatic nitrogens is 2. The molecule has 0 aromatic carbocycles. The molecule has 2 amide bonds. The predicted octanol–water partition coefficient (Wildman–Crippen LogP) is -0.575. The number of nitrogens with two attached hydrogens (primary N) is 1. The summed E-state index contributed by atoms with van der Waals surface area (Å²) >= 11 is 0. The summed E-state index contributed by atoms with van der Waals surface area (Å²) in [5, 5.41) is 4.04. The largest absolute Gasteiger partial charge is 0.369 e. The van der Waals surface area contributed by atoms with Crippen molar-refractivity contribution in [2.45, 2.75) is 12.5 Å². The zero-order chi connectivity index (χ0) is 11.9. The molecule has 2 rings (SSSR count). The van der Waals surface area contributed by atoms with E-state index < -0.39 is 11.8 Å². The van der Waals surface area contributed by atoms with Gasteiger partial charge in [0.2, 0.25) is 11.8 Å². The summed E-state index contributed by atoms with van der Waals surface area (Å²) in [7, 11) is 3.47. The zero-order valence-corrected chi connectivity index (χ0v) is 9.25. The standard InChI is InChI=1S/C10H14N4O2/c1-13-5-6(4-12-13)9-7(10(11)16)3-8(15)14(9)2/h4-5,7,9H,3H2,1-2H3,(H2,11,16)/t7-,9-/m0/s1. The summed E-state index contributed by atoms with van der Waals surface area (Å²) in [5.41, 5.74) is 6.16. The van der Waals surface area contributed by atoms with Gasteiger partial charge in [0.15, 0.2) is 0 Å². The minimum absolute atomic E-state index is 0.0577. The van der Waals surface area contributed by atoms with E-state index in [9.17, 15) is 9.59 Å². The van der Waals surface area contributed by atoms with Gasteiger partial charge in [-0.15, -0.1) is 0 Å². The van der Waals surface area contributed by atoms with Crippen molar-refractivity contribution >= 4 is 11.8 Å². The van der Waals surface area contributed by atoms with Gasteiger partial charge < -0.3 is 10.6 Å². The molecule has 6 heteroatoms. The van der Waals surface area contributed by atoms with Gasteiger partial charge >= 0.3 is 0 Å². The van der Waals surface area contributed by atoms with Gasteiger partial charge in [-0.05, 0) is 0 Å². The molecule has 0 bridgehead atoms. The molecular formula is C10H14N4O2. The number of carbonyl (C=O) groups excluding carboxylic acids is 2. The van der Waals surface area contributed by atoms with Crippen molar-refractivity contribution in [3.05, 3.63) is 18.0 Å². The highest BCUT2D eigenvalue weighted by Gasteiger charge is 2.42. The first-order chi connectivity index (χ1) is 7.50. The summed E-state index contributed by atoms with van der Waals surface area (Å²) in [6, 6.07) is -0.279. The highest BCUT2D eigenvalue weighted by atomic mass is 16.2. The first kappa shape index (κ1) is 10.7. The Morgan fingerprint density at radius 2 is 2.25 bits per heavy atom. The molecule has 6 nitrogen and oxygen atoms in total. The molecule has 86 valence electrons. The van der Waals surface area contributed by atoms with E-state index in [1.54, 1.807) is 36.1 Å². The van der Waals surface area contributed by atoms with E-state index in [1.165, 1.54) is 0 Å². The Labute approximate surface area is 93.0 Å². The van der Waals surface area contributed by atoms with Crippen molar-refractivity contribution in [2.24, 2.45) is 18.7 Å². The van der Waals surface area contributed by atoms with Crippen LogP contribution in [0.25, 0.3) is 0 Å². The molecule has 0 radical (unpaired) electrons. The Morgan fingerprint density at radius 3 is 2.75 bits per heavy atom. The van der Waals surface area contributed by atoms with Crippen LogP contribution in [0.5, 0.6) is 0 Å². The van der Waals surface area contributed by atoms with Crippen molar-refractivity contribution in [2.75, 3.05) is 7.05 Å². The number of hydrogen-bond donors (Lipinski definition) is 1. The smallest absolute Gasteiger partial charge is 0.223 e. The van der Waals surface area contributed by atoms with Gasteiger partial charge in [0, 0.05) is 32.3 Å². The van der Waals surface area contributed by atoms with E-state index in [1.807, 2.05) is 0 Å². The van der Waals surface area contributed by atoms with Gasteiger partial charge in [-0.3, -0.25) is 14.3 Å². The number of aryl methyl sites for hydroxylation is 1. The quantitative estimate of drug-likeness (QED) is 0.727. The Hall–Kier alpha value is -1.85. The van der Waals surface area contributed by atoms with Crippen LogP contribution in [0.1, 0.15) is 18.0 Å². The summed E-state index contributed by atoms with van der Waals surface area (Å²) in [6.07, 6.45) is 3.65. The number of nitrogens with zero attached hydrogens (tertiary/aromatic N) is 3. The van der Waals surface area contributed by atoms with Gasteiger partial charge in [0.05, 0.1) is 18.2 Å². The fourth-order valence-electron chi connectivity index (χ4n) is 2.17. The average molecular weight is 222 g/mol. The molecule has 2 N–H and O–H groups in total. The van der Waals surface area contributed by atoms with Gasteiger partial charge in [0.25, 0.3) is 0 Å². The van der Waals surface area contributed by atoms with Crippen LogP contribution in [0, 0.1) is 5.92 Å². The molecule has 1 fully saturated rings. The fraction of sp³-hybridized carbons (Fsp3) is 0.500. The Morgan fingerprint density at radius 1 is 1.56 bits per heavy atom. The molecule has 0 saturated carbocycles. The van der Waals surface area contributed by atoms with Crippen LogP contribution in [-0.4, -0.2) is 33.5 Å². The molecule has 0 aliphatic carbocycles. The van der Waals surface area contributed by atoms with Gasteiger partial charge in [-0.2, -0.15) is 5.10 Å². The van der Waals surface area contributed by atoms with Crippen LogP contribution < -0.4 is 5.73 Å². The van der Waals surface area contributed by atoms with Crippen LogP contribution in [-0.2, 0) is 16.6 Å². The molecule has 0 unspecified atom stereocenters. The van der Waals surface area contributed by atoms with Crippen LogP contribution >= 0.6 is 0 Å². The van der Waals surface area contributed by atoms with Crippen molar-refractivity contribution < 1.29 is 9.59 Å². The second kappa shape index (κ2) is 3.62. The number of likely N-dealkylation sites (tertiary alicyclic amines) is 1. The maximum atomic E-state index is 11.6. The highest BCUT2D eigenvalue weighted by molar-refractivity contribution is 5.89. The molecular weight excluding hydrogens is 208 g/mol. The Kier molecular flexibility index (Phi) is 2.41. The van der Waals surface area contributed by atoms with Gasteiger partial charge in [0.1, 0.15) is 0 Å². The van der Waals surface area contributed by atoms with Gasteiger partial charge in [-0.1, -0.05) is 0 Å². The van der Waals surface area contributed by atoms with Crippen molar-refractivity contribution in [1.82, 2.24) is 14.7 Å². The molecule has 0 spiro atoms. The zero-order valence-electron chi connectivity index (χ0n) is 9.25. The van der Waals surface area contributed by atoms with Crippen LogP contribution in [0.2, 0.25) is 0 Å². The van der Waals surface area contributed by atoms with E-state index in [2.05, 4.69) is 5.10 Å². The lowest BCUT2D eigenvalue weighted by molar-refractivity contribution is -0.128. The second-order valence-electron chi connectivity index (χ2n) is 4.11. The van der Waals surface area contributed by atoms with E-state index in [0.717, 1.165) is 5.56 Å². The van der Waals surface area contributed by atoms with Crippen LogP contribution in [0.4, 0.5) is 0 Å². The first-order valence-corrected chi connectivity index (χ1v) is 5.04. The van der Waals surface area contributed by atoms with Crippen LogP contribution in [0.15, 0.2) is 12.4 Å². The minimum atomic E-state index is -0.457. The molecule has 2 heterocycles. The van der Waals surface area contributed by atoms with Crippen molar-refractivity contribution in [3.8, 4) is 0 Å². The summed E-state index contributed by atoms with van der Waals surface area (Å²) in [5.74, 6) is -0.953. The number of primary amides is 1. The molecule has 1 saturated heterocycles. The highest BCUT2D eigenvalue weighted by Crippen LogP contribution is 2.36. The third-order valence-corrected chi connectivity index (χ3v) is 3.02. The second-order valence-corrected chi connectivity index (χ2v) is 4.11. The number of hydrogen-bond acceptors (Lipinski definition) is 3. The van der Waals surface area contributed by atoms with E-state index in [0.29, 0.717) is 0 Å². The normalized spacial score (nSPS) is 25.1. The van der Waals surface area contributed by atoms with E-state index >= 15 is 0 Å². The predicted molar refractivity (Wildman–Crippen MR) is 56.0 cm³/mol. The SMILES string of the molecule is CN1C(=O)C[C@H](C(N)=O)[C@@H]1c1cnn(C)c1. The number of amides is 2. The summed E-state index contributed by atoms with van der Waals surface area (Å²) in [4.78, 5) is 24.4. The van der Waals surface area contributed by atoms with E-state index in [4.69, 9.17) is 5.73 Å². The third kappa shape index (κ3) is 1.56. The summed E-state index contributed by atoms with van der Waals surface area (Å²) < 4.78 is 1.64. The molecule has 16 heavy (non-hydrogen) atoms. The molecule has 1 aliphatic heterocycles. The number of carbonyl (C=O) groups is 2. The van der Waals surface area contributed by atoms with Crippen molar-refractivity contribution in [3.63, 3.8) is 0 Å². The maximum Gasteiger partial charge on any atom is 0.223 e. The van der Waals surface area contributed by atoms with Gasteiger partial charge in [-0.25, -0.2) is 0 Å².